The molecule has 0 heterocycles. The van der Waals surface area contributed by atoms with E-state index < -0.39 is 0 Å². The van der Waals surface area contributed by atoms with Crippen LogP contribution in [0.2, 0.25) is 0 Å². The van der Waals surface area contributed by atoms with Gasteiger partial charge in [-0.3, -0.25) is 10.1 Å². The number of unbranched alkanes of at least 4 members (excludes halogenated alkanes) is 3. The highest BCUT2D eigenvalue weighted by molar-refractivity contribution is 7.98. The van der Waals surface area contributed by atoms with Gasteiger partial charge in [0.25, 0.3) is 5.69 Å². The van der Waals surface area contributed by atoms with E-state index in [4.69, 9.17) is 4.74 Å². The van der Waals surface area contributed by atoms with Crippen LogP contribution in [0, 0.1) is 10.1 Å². The molecule has 20 heavy (non-hydrogen) atoms. The number of nitro groups is 1. The molecule has 0 radical (unpaired) electrons. The zero-order valence-corrected chi connectivity index (χ0v) is 12.9. The van der Waals surface area contributed by atoms with Crippen molar-refractivity contribution in [3.8, 4) is 5.75 Å². The summed E-state index contributed by atoms with van der Waals surface area (Å²) in [5.74, 6) is 1.71. The Morgan fingerprint density at radius 1 is 1.30 bits per heavy atom. The Kier molecular flexibility index (Phi) is 7.87. The molecule has 0 aromatic heterocycles. The summed E-state index contributed by atoms with van der Waals surface area (Å²) in [6.07, 6.45) is 6.75. The van der Waals surface area contributed by atoms with Crippen molar-refractivity contribution in [2.24, 2.45) is 0 Å². The lowest BCUT2D eigenvalue weighted by Gasteiger charge is -2.08. The van der Waals surface area contributed by atoms with Crippen LogP contribution in [0.1, 0.15) is 25.7 Å². The quantitative estimate of drug-likeness (QED) is 0.402. The highest BCUT2D eigenvalue weighted by Crippen LogP contribution is 2.28. The molecule has 0 saturated carbocycles. The second-order valence-corrected chi connectivity index (χ2v) is 5.46. The molecule has 1 rings (SSSR count). The van der Waals surface area contributed by atoms with Crippen molar-refractivity contribution in [1.82, 2.24) is 0 Å². The fourth-order valence-corrected chi connectivity index (χ4v) is 2.38. The molecule has 1 aromatic carbocycles. The summed E-state index contributed by atoms with van der Waals surface area (Å²) in [7, 11) is 1.50. The number of nitrogens with zero attached hydrogens (tertiary/aromatic N) is 1. The molecule has 0 aliphatic rings. The highest BCUT2D eigenvalue weighted by atomic mass is 32.2. The Morgan fingerprint density at radius 3 is 2.70 bits per heavy atom. The van der Waals surface area contributed by atoms with E-state index in [2.05, 4.69) is 11.6 Å². The van der Waals surface area contributed by atoms with Crippen molar-refractivity contribution < 1.29 is 9.66 Å². The molecular weight excluding hydrogens is 276 g/mol. The van der Waals surface area contributed by atoms with Gasteiger partial charge in [-0.25, -0.2) is 0 Å². The van der Waals surface area contributed by atoms with Gasteiger partial charge >= 0.3 is 0 Å². The van der Waals surface area contributed by atoms with Crippen LogP contribution >= 0.6 is 11.8 Å². The Bertz CT molecular complexity index is 427. The molecule has 0 saturated heterocycles. The number of rotatable bonds is 10. The summed E-state index contributed by atoms with van der Waals surface area (Å²) in [5, 5.41) is 14.1. The SMILES string of the molecule is COc1ccc(NCCCCCCSC)c([N+](=O)[O-])c1. The zero-order chi connectivity index (χ0) is 14.8. The number of nitro benzene ring substituents is 1. The van der Waals surface area contributed by atoms with Crippen LogP contribution < -0.4 is 10.1 Å². The maximum absolute atomic E-state index is 11.0. The summed E-state index contributed by atoms with van der Waals surface area (Å²) in [6.45, 7) is 0.756. The molecule has 1 aromatic rings. The third-order valence-corrected chi connectivity index (χ3v) is 3.69. The first-order chi connectivity index (χ1) is 9.69. The van der Waals surface area contributed by atoms with Gasteiger partial charge in [-0.2, -0.15) is 11.8 Å². The molecule has 0 fully saturated rings. The van der Waals surface area contributed by atoms with Crippen LogP contribution in [-0.2, 0) is 0 Å². The number of nitrogens with one attached hydrogen (secondary N) is 1. The molecule has 0 aliphatic carbocycles. The number of hydrogen-bond donors (Lipinski definition) is 1. The predicted molar refractivity (Wildman–Crippen MR) is 85.0 cm³/mol. The van der Waals surface area contributed by atoms with Crippen LogP contribution in [0.3, 0.4) is 0 Å². The van der Waals surface area contributed by atoms with E-state index in [9.17, 15) is 10.1 Å². The molecule has 6 heteroatoms. The largest absolute Gasteiger partial charge is 0.496 e. The first kappa shape index (κ1) is 16.6. The lowest BCUT2D eigenvalue weighted by Crippen LogP contribution is -2.04. The summed E-state index contributed by atoms with van der Waals surface area (Å²) >= 11 is 1.87. The van der Waals surface area contributed by atoms with Gasteiger partial charge in [-0.15, -0.1) is 0 Å². The Balaban J connectivity index is 2.41. The molecule has 0 aliphatic heterocycles. The van der Waals surface area contributed by atoms with Gasteiger partial charge in [0.2, 0.25) is 0 Å². The minimum atomic E-state index is -0.386. The van der Waals surface area contributed by atoms with Crippen LogP contribution in [0.25, 0.3) is 0 Å². The second kappa shape index (κ2) is 9.47. The monoisotopic (exact) mass is 298 g/mol. The number of thioether (sulfide) groups is 1. The summed E-state index contributed by atoms with van der Waals surface area (Å²) in [4.78, 5) is 10.6. The molecule has 0 amide bonds. The Hall–Kier alpha value is -1.43. The predicted octanol–water partition coefficient (Wildman–Crippen LogP) is 3.94. The van der Waals surface area contributed by atoms with E-state index in [0.717, 1.165) is 19.4 Å². The molecule has 5 nitrogen and oxygen atoms in total. The molecule has 112 valence electrons. The van der Waals surface area contributed by atoms with Crippen LogP contribution in [0.15, 0.2) is 18.2 Å². The third-order valence-electron chi connectivity index (χ3n) is 2.99. The summed E-state index contributed by atoms with van der Waals surface area (Å²) < 4.78 is 5.01. The number of methoxy groups -OCH3 is 1. The maximum atomic E-state index is 11.0. The van der Waals surface area contributed by atoms with E-state index in [1.54, 1.807) is 12.1 Å². The fourth-order valence-electron chi connectivity index (χ4n) is 1.89. The van der Waals surface area contributed by atoms with E-state index >= 15 is 0 Å². The molecular formula is C14H22N2O3S. The van der Waals surface area contributed by atoms with Crippen molar-refractivity contribution in [1.29, 1.82) is 0 Å². The molecule has 0 atom stereocenters. The van der Waals surface area contributed by atoms with Gasteiger partial charge in [0.15, 0.2) is 0 Å². The zero-order valence-electron chi connectivity index (χ0n) is 12.1. The lowest BCUT2D eigenvalue weighted by atomic mass is 10.2. The van der Waals surface area contributed by atoms with E-state index in [1.807, 2.05) is 11.8 Å². The van der Waals surface area contributed by atoms with Crippen molar-refractivity contribution >= 4 is 23.1 Å². The number of benzene rings is 1. The summed E-state index contributed by atoms with van der Waals surface area (Å²) in [5.41, 5.74) is 0.617. The minimum absolute atomic E-state index is 0.0618. The van der Waals surface area contributed by atoms with Gasteiger partial charge in [-0.05, 0) is 37.0 Å². The third kappa shape index (κ3) is 5.69. The van der Waals surface area contributed by atoms with Crippen LogP contribution in [0.5, 0.6) is 5.75 Å². The van der Waals surface area contributed by atoms with Gasteiger partial charge in [0.1, 0.15) is 11.4 Å². The number of ether oxygens (including phenoxy) is 1. The number of hydrogen-bond acceptors (Lipinski definition) is 5. The molecule has 0 spiro atoms. The number of anilines is 1. The fraction of sp³-hybridized carbons (Fsp3) is 0.571. The molecule has 0 bridgehead atoms. The van der Waals surface area contributed by atoms with Crippen LogP contribution in [-0.4, -0.2) is 30.6 Å². The van der Waals surface area contributed by atoms with E-state index in [-0.39, 0.29) is 10.6 Å². The van der Waals surface area contributed by atoms with Gasteiger partial charge in [-0.1, -0.05) is 12.8 Å². The van der Waals surface area contributed by atoms with Gasteiger partial charge < -0.3 is 10.1 Å². The second-order valence-electron chi connectivity index (χ2n) is 4.47. The van der Waals surface area contributed by atoms with E-state index in [1.165, 1.54) is 31.8 Å². The average Bonchev–Trinajstić information content (AvgIpc) is 2.46. The van der Waals surface area contributed by atoms with Gasteiger partial charge in [0.05, 0.1) is 18.1 Å². The first-order valence-electron chi connectivity index (χ1n) is 6.74. The smallest absolute Gasteiger partial charge is 0.296 e. The Morgan fingerprint density at radius 2 is 2.05 bits per heavy atom. The van der Waals surface area contributed by atoms with Crippen molar-refractivity contribution in [2.45, 2.75) is 25.7 Å². The summed E-state index contributed by atoms with van der Waals surface area (Å²) in [6, 6.07) is 4.87. The first-order valence-corrected chi connectivity index (χ1v) is 8.13. The highest BCUT2D eigenvalue weighted by Gasteiger charge is 2.14. The normalized spacial score (nSPS) is 10.3. The van der Waals surface area contributed by atoms with Gasteiger partial charge in [0, 0.05) is 6.54 Å². The molecule has 1 N–H and O–H groups in total. The Labute approximate surface area is 124 Å². The van der Waals surface area contributed by atoms with Crippen molar-refractivity contribution in [3.63, 3.8) is 0 Å². The standard InChI is InChI=1S/C14H22N2O3S/c1-19-12-7-8-13(14(11-12)16(17)18)15-9-5-3-4-6-10-20-2/h7-8,11,15H,3-6,9-10H2,1-2H3. The lowest BCUT2D eigenvalue weighted by molar-refractivity contribution is -0.384. The average molecular weight is 298 g/mol. The van der Waals surface area contributed by atoms with E-state index in [0.29, 0.717) is 11.4 Å². The maximum Gasteiger partial charge on any atom is 0.296 e. The minimum Gasteiger partial charge on any atom is -0.496 e. The molecule has 0 unspecified atom stereocenters. The van der Waals surface area contributed by atoms with Crippen molar-refractivity contribution in [2.75, 3.05) is 31.0 Å². The van der Waals surface area contributed by atoms with Crippen molar-refractivity contribution in [3.05, 3.63) is 28.3 Å². The van der Waals surface area contributed by atoms with Crippen LogP contribution in [0.4, 0.5) is 11.4 Å². The topological polar surface area (TPSA) is 64.4 Å².